The van der Waals surface area contributed by atoms with Gasteiger partial charge in [-0.1, -0.05) is 30.3 Å². The Hall–Kier alpha value is -2.31. The van der Waals surface area contributed by atoms with Gasteiger partial charge in [0.25, 0.3) is 6.47 Å². The number of aromatic nitrogens is 1. The zero-order valence-corrected chi connectivity index (χ0v) is 14.6. The van der Waals surface area contributed by atoms with Crippen LogP contribution in [0.25, 0.3) is 0 Å². The average Bonchev–Trinajstić information content (AvgIpc) is 2.61. The number of nitrogens with zero attached hydrogens (tertiary/aromatic N) is 1. The van der Waals surface area contributed by atoms with Gasteiger partial charge in [0, 0.05) is 12.1 Å². The van der Waals surface area contributed by atoms with E-state index in [9.17, 15) is 0 Å². The molecule has 0 unspecified atom stereocenters. The SMILES string of the molecule is COC=O.COc1ccc(OC[C@H](N)Cc2ccccc2)cn1.Cl. The fourth-order valence-electron chi connectivity index (χ4n) is 1.75. The Kier molecular flexibility index (Phi) is 11.9. The quantitative estimate of drug-likeness (QED) is 0.768. The van der Waals surface area contributed by atoms with E-state index in [1.165, 1.54) is 12.7 Å². The van der Waals surface area contributed by atoms with E-state index in [0.29, 0.717) is 24.7 Å². The number of carbonyl (C=O) groups excluding carboxylic acids is 1. The maximum absolute atomic E-state index is 8.95. The van der Waals surface area contributed by atoms with Gasteiger partial charge < -0.3 is 19.9 Å². The Bertz CT molecular complexity index is 552. The minimum atomic E-state index is -0.0375. The minimum Gasteiger partial charge on any atom is -0.490 e. The molecule has 2 N–H and O–H groups in total. The Labute approximate surface area is 148 Å². The van der Waals surface area contributed by atoms with Gasteiger partial charge >= 0.3 is 0 Å². The lowest BCUT2D eigenvalue weighted by molar-refractivity contribution is -0.126. The standard InChI is InChI=1S/C15H18N2O2.C2H4O2.ClH/c1-18-15-8-7-14(10-17-15)19-11-13(16)9-12-5-3-2-4-6-12;1-4-2-3;/h2-8,10,13H,9,11,16H2,1H3;2H,1H3;1H/t13-;;/m1../s1. The van der Waals surface area contributed by atoms with E-state index in [1.54, 1.807) is 19.4 Å². The van der Waals surface area contributed by atoms with E-state index in [4.69, 9.17) is 20.0 Å². The highest BCUT2D eigenvalue weighted by molar-refractivity contribution is 5.85. The molecule has 0 bridgehead atoms. The first-order valence-corrected chi connectivity index (χ1v) is 7.08. The fraction of sp³-hybridized carbons (Fsp3) is 0.294. The number of rotatable bonds is 7. The highest BCUT2D eigenvalue weighted by Gasteiger charge is 2.05. The van der Waals surface area contributed by atoms with Crippen molar-refractivity contribution >= 4 is 18.9 Å². The maximum atomic E-state index is 8.95. The van der Waals surface area contributed by atoms with E-state index < -0.39 is 0 Å². The van der Waals surface area contributed by atoms with Crippen LogP contribution in [0.5, 0.6) is 11.6 Å². The number of benzene rings is 1. The predicted octanol–water partition coefficient (Wildman–Crippen LogP) is 2.25. The Morgan fingerprint density at radius 2 is 1.83 bits per heavy atom. The van der Waals surface area contributed by atoms with Crippen LogP contribution in [-0.2, 0) is 16.0 Å². The van der Waals surface area contributed by atoms with Gasteiger partial charge in [-0.3, -0.25) is 4.79 Å². The van der Waals surface area contributed by atoms with Crippen LogP contribution in [0.3, 0.4) is 0 Å². The van der Waals surface area contributed by atoms with Gasteiger partial charge in [0.2, 0.25) is 5.88 Å². The molecular weight excluding hydrogens is 332 g/mol. The lowest BCUT2D eigenvalue weighted by Gasteiger charge is -2.13. The minimum absolute atomic E-state index is 0. The summed E-state index contributed by atoms with van der Waals surface area (Å²) in [5.41, 5.74) is 7.25. The second kappa shape index (κ2) is 13.2. The fourth-order valence-corrected chi connectivity index (χ4v) is 1.75. The van der Waals surface area contributed by atoms with Gasteiger partial charge in [0.15, 0.2) is 0 Å². The summed E-state index contributed by atoms with van der Waals surface area (Å²) in [6.07, 6.45) is 2.43. The van der Waals surface area contributed by atoms with Gasteiger partial charge in [-0.05, 0) is 18.1 Å². The zero-order valence-electron chi connectivity index (χ0n) is 13.8. The van der Waals surface area contributed by atoms with Crippen molar-refractivity contribution < 1.29 is 19.0 Å². The molecule has 0 amide bonds. The number of hydrogen-bond acceptors (Lipinski definition) is 6. The molecule has 0 aliphatic carbocycles. The molecule has 24 heavy (non-hydrogen) atoms. The van der Waals surface area contributed by atoms with E-state index in [-0.39, 0.29) is 18.4 Å². The van der Waals surface area contributed by atoms with Crippen molar-refractivity contribution in [1.29, 1.82) is 0 Å². The first-order chi connectivity index (χ1) is 11.2. The highest BCUT2D eigenvalue weighted by Crippen LogP contribution is 2.13. The molecule has 1 aromatic carbocycles. The number of pyridine rings is 1. The van der Waals surface area contributed by atoms with E-state index >= 15 is 0 Å². The Morgan fingerprint density at radius 1 is 1.17 bits per heavy atom. The molecule has 0 saturated heterocycles. The van der Waals surface area contributed by atoms with E-state index in [0.717, 1.165) is 6.42 Å². The Morgan fingerprint density at radius 3 is 2.33 bits per heavy atom. The van der Waals surface area contributed by atoms with E-state index in [2.05, 4.69) is 21.9 Å². The van der Waals surface area contributed by atoms with Crippen LogP contribution in [0.4, 0.5) is 0 Å². The van der Waals surface area contributed by atoms with Crippen molar-refractivity contribution in [2.24, 2.45) is 5.73 Å². The van der Waals surface area contributed by atoms with Crippen LogP contribution in [0.15, 0.2) is 48.7 Å². The molecule has 0 saturated carbocycles. The summed E-state index contributed by atoms with van der Waals surface area (Å²) in [4.78, 5) is 13.0. The highest BCUT2D eigenvalue weighted by atomic mass is 35.5. The molecule has 2 aromatic rings. The number of methoxy groups -OCH3 is 2. The van der Waals surface area contributed by atoms with Gasteiger partial charge in [0.05, 0.1) is 20.4 Å². The normalized spacial score (nSPS) is 10.3. The summed E-state index contributed by atoms with van der Waals surface area (Å²) in [6.45, 7) is 0.836. The molecular formula is C17H23ClN2O4. The maximum Gasteiger partial charge on any atom is 0.292 e. The molecule has 0 aliphatic rings. The van der Waals surface area contributed by atoms with Crippen LogP contribution in [0, 0.1) is 0 Å². The van der Waals surface area contributed by atoms with Crippen molar-refractivity contribution in [2.45, 2.75) is 12.5 Å². The zero-order chi connectivity index (χ0) is 16.9. The molecule has 1 heterocycles. The molecule has 2 rings (SSSR count). The van der Waals surface area contributed by atoms with Crippen molar-refractivity contribution in [2.75, 3.05) is 20.8 Å². The number of nitrogens with two attached hydrogens (primary N) is 1. The van der Waals surface area contributed by atoms with Crippen molar-refractivity contribution in [1.82, 2.24) is 4.98 Å². The molecule has 7 heteroatoms. The number of carbonyl (C=O) groups is 1. The summed E-state index contributed by atoms with van der Waals surface area (Å²) in [5.74, 6) is 1.27. The van der Waals surface area contributed by atoms with Crippen LogP contribution < -0.4 is 15.2 Å². The molecule has 1 atom stereocenters. The van der Waals surface area contributed by atoms with Crippen molar-refractivity contribution in [3.63, 3.8) is 0 Å². The van der Waals surface area contributed by atoms with Crippen LogP contribution >= 0.6 is 12.4 Å². The molecule has 0 fully saturated rings. The van der Waals surface area contributed by atoms with Gasteiger partial charge in [-0.25, -0.2) is 4.98 Å². The van der Waals surface area contributed by atoms with Crippen LogP contribution in [0.1, 0.15) is 5.56 Å². The second-order valence-electron chi connectivity index (χ2n) is 4.63. The summed E-state index contributed by atoms with van der Waals surface area (Å²) in [7, 11) is 2.89. The third kappa shape index (κ3) is 8.97. The molecule has 132 valence electrons. The summed E-state index contributed by atoms with van der Waals surface area (Å²) < 4.78 is 14.4. The van der Waals surface area contributed by atoms with Gasteiger partial charge in [0.1, 0.15) is 12.4 Å². The lowest BCUT2D eigenvalue weighted by Crippen LogP contribution is -2.30. The number of hydrogen-bond donors (Lipinski definition) is 1. The second-order valence-corrected chi connectivity index (χ2v) is 4.63. The largest absolute Gasteiger partial charge is 0.490 e. The third-order valence-corrected chi connectivity index (χ3v) is 2.82. The first-order valence-electron chi connectivity index (χ1n) is 7.08. The van der Waals surface area contributed by atoms with Crippen LogP contribution in [0.2, 0.25) is 0 Å². The monoisotopic (exact) mass is 354 g/mol. The van der Waals surface area contributed by atoms with Crippen molar-refractivity contribution in [3.8, 4) is 11.6 Å². The third-order valence-electron chi connectivity index (χ3n) is 2.82. The molecule has 1 aromatic heterocycles. The summed E-state index contributed by atoms with van der Waals surface area (Å²) >= 11 is 0. The molecule has 0 aliphatic heterocycles. The van der Waals surface area contributed by atoms with Crippen LogP contribution in [-0.4, -0.2) is 38.3 Å². The molecule has 0 radical (unpaired) electrons. The Balaban J connectivity index is 0.000000954. The number of halogens is 1. The topological polar surface area (TPSA) is 83.7 Å². The first kappa shape index (κ1) is 21.7. The summed E-state index contributed by atoms with van der Waals surface area (Å²) in [5, 5.41) is 0. The smallest absolute Gasteiger partial charge is 0.292 e. The average molecular weight is 355 g/mol. The van der Waals surface area contributed by atoms with E-state index in [1.807, 2.05) is 24.3 Å². The predicted molar refractivity (Wildman–Crippen MR) is 94.7 cm³/mol. The summed E-state index contributed by atoms with van der Waals surface area (Å²) in [6, 6.07) is 13.7. The number of ether oxygens (including phenoxy) is 3. The van der Waals surface area contributed by atoms with Crippen molar-refractivity contribution in [3.05, 3.63) is 54.2 Å². The molecule has 6 nitrogen and oxygen atoms in total. The lowest BCUT2D eigenvalue weighted by atomic mass is 10.1. The molecule has 0 spiro atoms. The van der Waals surface area contributed by atoms with Gasteiger partial charge in [-0.15, -0.1) is 12.4 Å². The van der Waals surface area contributed by atoms with Gasteiger partial charge in [-0.2, -0.15) is 0 Å².